The number of aromatic nitrogens is 2. The number of fused-ring (bicyclic) bond motifs is 1. The Hall–Kier alpha value is -1.31. The number of imidazole rings is 1. The summed E-state index contributed by atoms with van der Waals surface area (Å²) in [7, 11) is 0. The van der Waals surface area contributed by atoms with Crippen LogP contribution in [0.3, 0.4) is 0 Å². The van der Waals surface area contributed by atoms with Gasteiger partial charge in [0.2, 0.25) is 0 Å². The maximum atomic E-state index is 4.25. The fourth-order valence-electron chi connectivity index (χ4n) is 1.59. The smallest absolute Gasteiger partial charge is 0.136 e. The average Bonchev–Trinajstić information content (AvgIpc) is 2.51. The van der Waals surface area contributed by atoms with Crippen molar-refractivity contribution >= 4 is 5.65 Å². The molecule has 2 rings (SSSR count). The molecule has 0 aliphatic heterocycles. The monoisotopic (exact) mass is 174 g/mol. The lowest BCUT2D eigenvalue weighted by atomic mass is 10.1. The van der Waals surface area contributed by atoms with Crippen LogP contribution >= 0.6 is 0 Å². The van der Waals surface area contributed by atoms with Crippen molar-refractivity contribution < 1.29 is 0 Å². The molecule has 13 heavy (non-hydrogen) atoms. The third kappa shape index (κ3) is 1.57. The Kier molecular flexibility index (Phi) is 2.05. The third-order valence-corrected chi connectivity index (χ3v) is 2.13. The molecule has 2 aromatic rings. The van der Waals surface area contributed by atoms with Gasteiger partial charge in [0.05, 0.1) is 0 Å². The molecule has 0 aliphatic rings. The van der Waals surface area contributed by atoms with E-state index in [0.717, 1.165) is 12.1 Å². The Labute approximate surface area is 78.2 Å². The molecule has 0 aromatic carbocycles. The van der Waals surface area contributed by atoms with Gasteiger partial charge in [-0.3, -0.25) is 0 Å². The van der Waals surface area contributed by atoms with E-state index < -0.39 is 0 Å². The van der Waals surface area contributed by atoms with E-state index in [1.54, 1.807) is 0 Å². The second-order valence-electron chi connectivity index (χ2n) is 3.77. The molecule has 2 nitrogen and oxygen atoms in total. The highest BCUT2D eigenvalue weighted by atomic mass is 15.0. The molecule has 0 saturated carbocycles. The van der Waals surface area contributed by atoms with Crippen LogP contribution < -0.4 is 0 Å². The van der Waals surface area contributed by atoms with Gasteiger partial charge >= 0.3 is 0 Å². The summed E-state index contributed by atoms with van der Waals surface area (Å²) in [6.07, 6.45) is 4.97. The molecule has 0 bridgehead atoms. The Morgan fingerprint density at radius 3 is 3.00 bits per heavy atom. The van der Waals surface area contributed by atoms with Crippen molar-refractivity contribution in [3.63, 3.8) is 0 Å². The second kappa shape index (κ2) is 3.21. The number of rotatable bonds is 2. The number of pyridine rings is 1. The minimum Gasteiger partial charge on any atom is -0.304 e. The molecule has 0 amide bonds. The minimum absolute atomic E-state index is 0.688. The molecular formula is C11H14N2. The van der Waals surface area contributed by atoms with Crippen LogP contribution in [0.2, 0.25) is 0 Å². The van der Waals surface area contributed by atoms with Gasteiger partial charge in [-0.05, 0) is 24.5 Å². The summed E-state index contributed by atoms with van der Waals surface area (Å²) in [6.45, 7) is 4.46. The molecule has 0 atom stereocenters. The highest BCUT2D eigenvalue weighted by Crippen LogP contribution is 2.10. The lowest BCUT2D eigenvalue weighted by molar-refractivity contribution is 0.630. The van der Waals surface area contributed by atoms with Crippen LogP contribution in [-0.2, 0) is 6.42 Å². The first-order valence-electron chi connectivity index (χ1n) is 4.68. The van der Waals surface area contributed by atoms with Gasteiger partial charge in [-0.15, -0.1) is 0 Å². The highest BCUT2D eigenvalue weighted by molar-refractivity contribution is 5.39. The normalized spacial score (nSPS) is 11.3. The summed E-state index contributed by atoms with van der Waals surface area (Å²) >= 11 is 0. The molecule has 68 valence electrons. The first-order valence-corrected chi connectivity index (χ1v) is 4.68. The maximum Gasteiger partial charge on any atom is 0.136 e. The van der Waals surface area contributed by atoms with Crippen LogP contribution in [0.4, 0.5) is 0 Å². The van der Waals surface area contributed by atoms with Crippen molar-refractivity contribution in [2.24, 2.45) is 5.92 Å². The van der Waals surface area contributed by atoms with E-state index >= 15 is 0 Å². The Bertz CT molecular complexity index is 401. The number of hydrogen-bond donors (Lipinski definition) is 0. The van der Waals surface area contributed by atoms with Gasteiger partial charge in [0.1, 0.15) is 5.65 Å². The summed E-state index contributed by atoms with van der Waals surface area (Å²) in [5, 5.41) is 0. The first-order chi connectivity index (χ1) is 6.27. The van der Waals surface area contributed by atoms with Crippen molar-refractivity contribution in [3.8, 4) is 0 Å². The summed E-state index contributed by atoms with van der Waals surface area (Å²) < 4.78 is 2.15. The van der Waals surface area contributed by atoms with Crippen LogP contribution in [0.15, 0.2) is 30.6 Å². The van der Waals surface area contributed by atoms with Crippen LogP contribution in [0.25, 0.3) is 5.65 Å². The second-order valence-corrected chi connectivity index (χ2v) is 3.77. The maximum absolute atomic E-state index is 4.25. The Balaban J connectivity index is 2.48. The van der Waals surface area contributed by atoms with Gasteiger partial charge in [-0.25, -0.2) is 4.98 Å². The minimum atomic E-state index is 0.688. The average molecular weight is 174 g/mol. The standard InChI is InChI=1S/C11H14N2/c1-9(2)8-10-4-3-5-11-12-6-7-13(10)11/h3-7,9H,8H2,1-2H3. The molecule has 0 fully saturated rings. The molecule has 0 N–H and O–H groups in total. The fourth-order valence-corrected chi connectivity index (χ4v) is 1.59. The zero-order valence-corrected chi connectivity index (χ0v) is 8.07. The molecule has 0 unspecified atom stereocenters. The molecule has 0 aliphatic carbocycles. The van der Waals surface area contributed by atoms with Gasteiger partial charge in [-0.1, -0.05) is 19.9 Å². The van der Waals surface area contributed by atoms with Crippen molar-refractivity contribution in [3.05, 3.63) is 36.3 Å². The lowest BCUT2D eigenvalue weighted by Gasteiger charge is -2.07. The van der Waals surface area contributed by atoms with Gasteiger partial charge in [-0.2, -0.15) is 0 Å². The summed E-state index contributed by atoms with van der Waals surface area (Å²) in [6, 6.07) is 6.26. The van der Waals surface area contributed by atoms with Crippen LogP contribution in [-0.4, -0.2) is 9.38 Å². The molecule has 2 heterocycles. The van der Waals surface area contributed by atoms with Crippen molar-refractivity contribution in [1.82, 2.24) is 9.38 Å². The highest BCUT2D eigenvalue weighted by Gasteiger charge is 2.02. The largest absolute Gasteiger partial charge is 0.304 e. The molecule has 2 heteroatoms. The van der Waals surface area contributed by atoms with E-state index in [1.165, 1.54) is 5.69 Å². The van der Waals surface area contributed by atoms with E-state index in [1.807, 2.05) is 18.5 Å². The topological polar surface area (TPSA) is 17.3 Å². The molecular weight excluding hydrogens is 160 g/mol. The van der Waals surface area contributed by atoms with E-state index in [0.29, 0.717) is 5.92 Å². The van der Waals surface area contributed by atoms with Crippen LogP contribution in [0.5, 0.6) is 0 Å². The van der Waals surface area contributed by atoms with Gasteiger partial charge < -0.3 is 4.40 Å². The molecule has 0 spiro atoms. The zero-order chi connectivity index (χ0) is 9.26. The first kappa shape index (κ1) is 8.30. The van der Waals surface area contributed by atoms with Crippen LogP contribution in [0, 0.1) is 5.92 Å². The Morgan fingerprint density at radius 1 is 1.38 bits per heavy atom. The predicted molar refractivity (Wildman–Crippen MR) is 53.7 cm³/mol. The summed E-state index contributed by atoms with van der Waals surface area (Å²) in [5.74, 6) is 0.688. The summed E-state index contributed by atoms with van der Waals surface area (Å²) in [5.41, 5.74) is 2.38. The zero-order valence-electron chi connectivity index (χ0n) is 8.07. The number of hydrogen-bond acceptors (Lipinski definition) is 1. The molecule has 0 radical (unpaired) electrons. The summed E-state index contributed by atoms with van der Waals surface area (Å²) in [4.78, 5) is 4.25. The molecule has 0 saturated heterocycles. The van der Waals surface area contributed by atoms with Crippen molar-refractivity contribution in [1.29, 1.82) is 0 Å². The van der Waals surface area contributed by atoms with E-state index in [2.05, 4.69) is 35.4 Å². The van der Waals surface area contributed by atoms with E-state index in [4.69, 9.17) is 0 Å². The SMILES string of the molecule is CC(C)Cc1cccc2nccn12. The Morgan fingerprint density at radius 2 is 2.23 bits per heavy atom. The molecule has 2 aromatic heterocycles. The third-order valence-electron chi connectivity index (χ3n) is 2.13. The lowest BCUT2D eigenvalue weighted by Crippen LogP contribution is -2.00. The van der Waals surface area contributed by atoms with Gasteiger partial charge in [0, 0.05) is 18.1 Å². The van der Waals surface area contributed by atoms with E-state index in [9.17, 15) is 0 Å². The van der Waals surface area contributed by atoms with Gasteiger partial charge in [0.25, 0.3) is 0 Å². The fraction of sp³-hybridized carbons (Fsp3) is 0.364. The van der Waals surface area contributed by atoms with Crippen LogP contribution in [0.1, 0.15) is 19.5 Å². The number of nitrogens with zero attached hydrogens (tertiary/aromatic N) is 2. The van der Waals surface area contributed by atoms with E-state index in [-0.39, 0.29) is 0 Å². The predicted octanol–water partition coefficient (Wildman–Crippen LogP) is 2.53. The van der Waals surface area contributed by atoms with Gasteiger partial charge in [0.15, 0.2) is 0 Å². The quantitative estimate of drug-likeness (QED) is 0.684. The van der Waals surface area contributed by atoms with Crippen molar-refractivity contribution in [2.75, 3.05) is 0 Å². The van der Waals surface area contributed by atoms with Crippen molar-refractivity contribution in [2.45, 2.75) is 20.3 Å².